The maximum absolute atomic E-state index is 10.8. The number of rotatable bonds is 5. The highest BCUT2D eigenvalue weighted by Crippen LogP contribution is 2.29. The maximum Gasteiger partial charge on any atom is 0.185 e. The van der Waals surface area contributed by atoms with Crippen molar-refractivity contribution in [3.8, 4) is 11.5 Å². The first-order chi connectivity index (χ1) is 8.80. The zero-order valence-corrected chi connectivity index (χ0v) is 10.2. The number of pyridine rings is 1. The van der Waals surface area contributed by atoms with Gasteiger partial charge < -0.3 is 14.0 Å². The lowest BCUT2D eigenvalue weighted by Gasteiger charge is -2.12. The molecule has 0 fully saturated rings. The number of aldehydes is 1. The van der Waals surface area contributed by atoms with E-state index in [2.05, 4.69) is 9.97 Å². The number of hydrogen-bond donors (Lipinski definition) is 0. The summed E-state index contributed by atoms with van der Waals surface area (Å²) in [5, 5.41) is 0. The summed E-state index contributed by atoms with van der Waals surface area (Å²) in [6, 6.07) is 1.72. The summed E-state index contributed by atoms with van der Waals surface area (Å²) < 4.78 is 12.2. The molecule has 6 nitrogen and oxygen atoms in total. The van der Waals surface area contributed by atoms with Gasteiger partial charge in [-0.15, -0.1) is 0 Å². The van der Waals surface area contributed by atoms with E-state index in [-0.39, 0.29) is 0 Å². The topological polar surface area (TPSA) is 66.2 Å². The molecule has 0 aliphatic rings. The number of carbonyl (C=O) groups excluding carboxylic acids is 1. The number of ether oxygens (including phenoxy) is 2. The molecule has 2 aromatic rings. The Balaban J connectivity index is 2.37. The molecule has 0 aliphatic carbocycles. The molecule has 0 bridgehead atoms. The van der Waals surface area contributed by atoms with Gasteiger partial charge in [0.1, 0.15) is 5.69 Å². The summed E-state index contributed by atoms with van der Waals surface area (Å²) in [5.41, 5.74) is 0.679. The largest absolute Gasteiger partial charge is 0.493 e. The van der Waals surface area contributed by atoms with Crippen molar-refractivity contribution >= 4 is 6.29 Å². The lowest BCUT2D eigenvalue weighted by molar-refractivity contribution is 0.111. The van der Waals surface area contributed by atoms with Crippen molar-refractivity contribution in [1.29, 1.82) is 0 Å². The van der Waals surface area contributed by atoms with Crippen LogP contribution in [0.15, 0.2) is 24.7 Å². The number of nitrogens with zero attached hydrogens (tertiary/aromatic N) is 3. The predicted molar refractivity (Wildman–Crippen MR) is 64.1 cm³/mol. The quantitative estimate of drug-likeness (QED) is 0.742. The second kappa shape index (κ2) is 5.31. The van der Waals surface area contributed by atoms with Crippen LogP contribution in [0.4, 0.5) is 0 Å². The smallest absolute Gasteiger partial charge is 0.185 e. The van der Waals surface area contributed by atoms with Crippen molar-refractivity contribution in [2.24, 2.45) is 0 Å². The van der Waals surface area contributed by atoms with Gasteiger partial charge >= 0.3 is 0 Å². The summed E-state index contributed by atoms with van der Waals surface area (Å²) in [6.07, 6.45) is 5.61. The predicted octanol–water partition coefficient (Wildman–Crippen LogP) is 1.16. The maximum atomic E-state index is 10.8. The number of imidazole rings is 1. The number of methoxy groups -OCH3 is 2. The highest BCUT2D eigenvalue weighted by Gasteiger charge is 2.12. The molecule has 0 N–H and O–H groups in total. The van der Waals surface area contributed by atoms with Crippen LogP contribution in [0, 0.1) is 0 Å². The van der Waals surface area contributed by atoms with Crippen LogP contribution < -0.4 is 9.47 Å². The molecule has 18 heavy (non-hydrogen) atoms. The van der Waals surface area contributed by atoms with Crippen LogP contribution in [0.25, 0.3) is 0 Å². The van der Waals surface area contributed by atoms with Crippen molar-refractivity contribution in [3.05, 3.63) is 36.2 Å². The third-order valence-electron chi connectivity index (χ3n) is 2.54. The monoisotopic (exact) mass is 247 g/mol. The average Bonchev–Trinajstić information content (AvgIpc) is 2.85. The van der Waals surface area contributed by atoms with E-state index in [4.69, 9.17) is 9.47 Å². The van der Waals surface area contributed by atoms with Crippen LogP contribution in [-0.2, 0) is 6.54 Å². The fourth-order valence-corrected chi connectivity index (χ4v) is 1.70. The Hall–Kier alpha value is -2.37. The fraction of sp³-hybridized carbons (Fsp3) is 0.250. The van der Waals surface area contributed by atoms with Crippen LogP contribution in [-0.4, -0.2) is 35.0 Å². The minimum Gasteiger partial charge on any atom is -0.493 e. The summed E-state index contributed by atoms with van der Waals surface area (Å²) in [5.74, 6) is 1.52. The first kappa shape index (κ1) is 12.1. The van der Waals surface area contributed by atoms with Crippen LogP contribution >= 0.6 is 0 Å². The van der Waals surface area contributed by atoms with Crippen LogP contribution in [0.2, 0.25) is 0 Å². The molecule has 0 spiro atoms. The molecule has 0 atom stereocenters. The highest BCUT2D eigenvalue weighted by molar-refractivity contribution is 5.69. The standard InChI is InChI=1S/C12H13N3O3/c1-17-10-3-4-13-9(12(10)18-2)7-15-6-5-14-11(15)8-16/h3-6,8H,7H2,1-2H3. The van der Waals surface area contributed by atoms with Crippen molar-refractivity contribution in [1.82, 2.24) is 14.5 Å². The molecule has 0 aromatic carbocycles. The Morgan fingerprint density at radius 1 is 1.28 bits per heavy atom. The van der Waals surface area contributed by atoms with Gasteiger partial charge in [-0.3, -0.25) is 9.78 Å². The SMILES string of the molecule is COc1ccnc(Cn2ccnc2C=O)c1OC. The highest BCUT2D eigenvalue weighted by atomic mass is 16.5. The third kappa shape index (κ3) is 2.17. The van der Waals surface area contributed by atoms with Gasteiger partial charge in [0.15, 0.2) is 23.6 Å². The van der Waals surface area contributed by atoms with E-state index in [9.17, 15) is 4.79 Å². The Labute approximate surface area is 104 Å². The first-order valence-corrected chi connectivity index (χ1v) is 5.32. The van der Waals surface area contributed by atoms with Gasteiger partial charge in [-0.2, -0.15) is 0 Å². The fourth-order valence-electron chi connectivity index (χ4n) is 1.70. The Bertz CT molecular complexity index is 551. The van der Waals surface area contributed by atoms with Crippen LogP contribution in [0.3, 0.4) is 0 Å². The molecule has 6 heteroatoms. The molecule has 0 amide bonds. The second-order valence-electron chi connectivity index (χ2n) is 3.52. The summed E-state index contributed by atoms with van der Waals surface area (Å²) in [7, 11) is 3.12. The molecule has 0 radical (unpaired) electrons. The van der Waals surface area contributed by atoms with Gasteiger partial charge in [-0.1, -0.05) is 0 Å². The molecule has 2 heterocycles. The van der Waals surface area contributed by atoms with E-state index in [1.165, 1.54) is 0 Å². The zero-order chi connectivity index (χ0) is 13.0. The molecule has 2 aromatic heterocycles. The Morgan fingerprint density at radius 3 is 2.78 bits per heavy atom. The van der Waals surface area contributed by atoms with E-state index in [1.807, 2.05) is 0 Å². The first-order valence-electron chi connectivity index (χ1n) is 5.32. The van der Waals surface area contributed by atoms with Gasteiger partial charge in [-0.25, -0.2) is 4.98 Å². The van der Waals surface area contributed by atoms with E-state index in [0.29, 0.717) is 35.8 Å². The molecule has 2 rings (SSSR count). The Kier molecular flexibility index (Phi) is 3.57. The zero-order valence-electron chi connectivity index (χ0n) is 10.2. The summed E-state index contributed by atoms with van der Waals surface area (Å²) in [4.78, 5) is 19.0. The minimum atomic E-state index is 0.349. The van der Waals surface area contributed by atoms with Gasteiger partial charge in [-0.05, 0) is 0 Å². The van der Waals surface area contributed by atoms with Crippen molar-refractivity contribution in [2.75, 3.05) is 14.2 Å². The summed E-state index contributed by atoms with van der Waals surface area (Å²) in [6.45, 7) is 0.397. The number of carbonyl (C=O) groups is 1. The molecule has 0 unspecified atom stereocenters. The van der Waals surface area contributed by atoms with Crippen molar-refractivity contribution < 1.29 is 14.3 Å². The lowest BCUT2D eigenvalue weighted by atomic mass is 10.3. The molecule has 94 valence electrons. The molecule has 0 aliphatic heterocycles. The van der Waals surface area contributed by atoms with Crippen LogP contribution in [0.1, 0.15) is 16.3 Å². The van der Waals surface area contributed by atoms with E-state index in [0.717, 1.165) is 0 Å². The second-order valence-corrected chi connectivity index (χ2v) is 3.52. The third-order valence-corrected chi connectivity index (χ3v) is 2.54. The average molecular weight is 247 g/mol. The van der Waals surface area contributed by atoms with Gasteiger partial charge in [0.25, 0.3) is 0 Å². The Morgan fingerprint density at radius 2 is 2.11 bits per heavy atom. The normalized spacial score (nSPS) is 10.1. The molecule has 0 saturated carbocycles. The minimum absolute atomic E-state index is 0.349. The van der Waals surface area contributed by atoms with E-state index >= 15 is 0 Å². The van der Waals surface area contributed by atoms with Gasteiger partial charge in [0, 0.05) is 24.7 Å². The van der Waals surface area contributed by atoms with Gasteiger partial charge in [0.05, 0.1) is 20.8 Å². The van der Waals surface area contributed by atoms with Crippen LogP contribution in [0.5, 0.6) is 11.5 Å². The van der Waals surface area contributed by atoms with Crippen molar-refractivity contribution in [2.45, 2.75) is 6.54 Å². The molecular formula is C12H13N3O3. The van der Waals surface area contributed by atoms with Crippen molar-refractivity contribution in [3.63, 3.8) is 0 Å². The molecular weight excluding hydrogens is 234 g/mol. The summed E-state index contributed by atoms with van der Waals surface area (Å²) >= 11 is 0. The number of aromatic nitrogens is 3. The van der Waals surface area contributed by atoms with Gasteiger partial charge in [0.2, 0.25) is 0 Å². The molecule has 0 saturated heterocycles. The lowest BCUT2D eigenvalue weighted by Crippen LogP contribution is -2.07. The van der Waals surface area contributed by atoms with E-state index < -0.39 is 0 Å². The van der Waals surface area contributed by atoms with E-state index in [1.54, 1.807) is 43.4 Å². The number of hydrogen-bond acceptors (Lipinski definition) is 5.